The number of amides is 1. The number of carbonyl (C=O) groups is 1. The van der Waals surface area contributed by atoms with Crippen molar-refractivity contribution >= 4 is 28.4 Å². The number of pyridine rings is 1. The van der Waals surface area contributed by atoms with Gasteiger partial charge in [0.15, 0.2) is 0 Å². The van der Waals surface area contributed by atoms with Crippen molar-refractivity contribution in [2.75, 3.05) is 13.7 Å². The first-order valence-electron chi connectivity index (χ1n) is 7.71. The summed E-state index contributed by atoms with van der Waals surface area (Å²) in [6.45, 7) is -0.324. The highest BCUT2D eigenvalue weighted by Crippen LogP contribution is 2.26. The molecule has 0 aliphatic rings. The average molecular weight is 381 g/mol. The molecule has 0 aliphatic carbocycles. The maximum Gasteiger partial charge on any atom is 0.272 e. The van der Waals surface area contributed by atoms with Crippen molar-refractivity contribution < 1.29 is 18.3 Å². The fourth-order valence-corrected chi connectivity index (χ4v) is 2.73. The molecule has 0 spiro atoms. The Hall–Kier alpha value is -2.74. The Balaban J connectivity index is 1.83. The molecule has 26 heavy (non-hydrogen) atoms. The standard InChI is InChI=1S/C17H15ClF2N4O2/c1-21-17(25)16-11-8-24(23-13(11)4-5-22-16)7-10-2-3-14(12(18)6-10)26-9-15(19)20/h2-6,8,15H,7,9H2,1H3,(H,21,25). The first-order chi connectivity index (χ1) is 12.5. The predicted octanol–water partition coefficient (Wildman–Crippen LogP) is 3.14. The van der Waals surface area contributed by atoms with E-state index in [1.54, 1.807) is 35.1 Å². The van der Waals surface area contributed by atoms with Crippen molar-refractivity contribution in [2.24, 2.45) is 0 Å². The third-order valence-corrected chi connectivity index (χ3v) is 3.92. The number of halogens is 3. The monoisotopic (exact) mass is 380 g/mol. The van der Waals surface area contributed by atoms with E-state index in [0.717, 1.165) is 5.56 Å². The lowest BCUT2D eigenvalue weighted by atomic mass is 10.2. The van der Waals surface area contributed by atoms with E-state index in [4.69, 9.17) is 16.3 Å². The molecule has 0 bridgehead atoms. The molecule has 0 saturated carbocycles. The molecule has 0 radical (unpaired) electrons. The molecule has 0 saturated heterocycles. The molecule has 1 amide bonds. The van der Waals surface area contributed by atoms with Crippen LogP contribution in [0.4, 0.5) is 8.78 Å². The van der Waals surface area contributed by atoms with Gasteiger partial charge in [-0.2, -0.15) is 5.10 Å². The molecule has 2 aromatic heterocycles. The number of benzene rings is 1. The van der Waals surface area contributed by atoms with E-state index in [-0.39, 0.29) is 16.7 Å². The van der Waals surface area contributed by atoms with Crippen LogP contribution in [-0.4, -0.2) is 40.8 Å². The molecule has 0 atom stereocenters. The van der Waals surface area contributed by atoms with E-state index in [1.807, 2.05) is 0 Å². The van der Waals surface area contributed by atoms with Gasteiger partial charge >= 0.3 is 0 Å². The summed E-state index contributed by atoms with van der Waals surface area (Å²) < 4.78 is 31.0. The van der Waals surface area contributed by atoms with Crippen LogP contribution in [0.15, 0.2) is 36.7 Å². The average Bonchev–Trinajstić information content (AvgIpc) is 3.02. The van der Waals surface area contributed by atoms with Crippen LogP contribution >= 0.6 is 11.6 Å². The second kappa shape index (κ2) is 7.65. The van der Waals surface area contributed by atoms with E-state index >= 15 is 0 Å². The first kappa shape index (κ1) is 18.1. The zero-order chi connectivity index (χ0) is 18.7. The van der Waals surface area contributed by atoms with Gasteiger partial charge in [0, 0.05) is 19.4 Å². The van der Waals surface area contributed by atoms with E-state index in [1.165, 1.54) is 13.2 Å². The molecule has 0 unspecified atom stereocenters. The highest BCUT2D eigenvalue weighted by molar-refractivity contribution is 6.32. The minimum atomic E-state index is -2.56. The van der Waals surface area contributed by atoms with Crippen molar-refractivity contribution in [1.82, 2.24) is 20.1 Å². The summed E-state index contributed by atoms with van der Waals surface area (Å²) in [7, 11) is 1.53. The van der Waals surface area contributed by atoms with Gasteiger partial charge in [0.2, 0.25) is 0 Å². The third-order valence-electron chi connectivity index (χ3n) is 3.63. The van der Waals surface area contributed by atoms with Gasteiger partial charge in [0.1, 0.15) is 18.1 Å². The molecular formula is C17H15ClF2N4O2. The van der Waals surface area contributed by atoms with Gasteiger partial charge in [0.25, 0.3) is 12.3 Å². The van der Waals surface area contributed by atoms with Gasteiger partial charge in [-0.1, -0.05) is 17.7 Å². The summed E-state index contributed by atoms with van der Waals surface area (Å²) in [6, 6.07) is 6.61. The largest absolute Gasteiger partial charge is 0.486 e. The number of fused-ring (bicyclic) bond motifs is 1. The Kier molecular flexibility index (Phi) is 5.32. The number of nitrogens with one attached hydrogen (secondary N) is 1. The molecular weight excluding hydrogens is 366 g/mol. The number of aromatic nitrogens is 3. The summed E-state index contributed by atoms with van der Waals surface area (Å²) >= 11 is 6.08. The molecule has 3 rings (SSSR count). The van der Waals surface area contributed by atoms with Crippen LogP contribution in [0.5, 0.6) is 5.75 Å². The van der Waals surface area contributed by atoms with Crippen molar-refractivity contribution in [3.8, 4) is 5.75 Å². The Morgan fingerprint density at radius 2 is 2.19 bits per heavy atom. The SMILES string of the molecule is CNC(=O)c1nccc2nn(Cc3ccc(OCC(F)F)c(Cl)c3)cc12. The molecule has 3 aromatic rings. The van der Waals surface area contributed by atoms with Gasteiger partial charge in [-0.15, -0.1) is 0 Å². The number of ether oxygens (including phenoxy) is 1. The predicted molar refractivity (Wildman–Crippen MR) is 93.0 cm³/mol. The van der Waals surface area contributed by atoms with Gasteiger partial charge in [-0.05, 0) is 23.8 Å². The van der Waals surface area contributed by atoms with Gasteiger partial charge in [-0.3, -0.25) is 14.5 Å². The van der Waals surface area contributed by atoms with Crippen LogP contribution in [0.1, 0.15) is 16.1 Å². The number of hydrogen-bond acceptors (Lipinski definition) is 4. The third kappa shape index (κ3) is 3.91. The highest BCUT2D eigenvalue weighted by atomic mass is 35.5. The van der Waals surface area contributed by atoms with Crippen molar-refractivity contribution in [2.45, 2.75) is 13.0 Å². The molecule has 1 aromatic carbocycles. The zero-order valence-electron chi connectivity index (χ0n) is 13.7. The lowest BCUT2D eigenvalue weighted by molar-refractivity contribution is 0.0819. The van der Waals surface area contributed by atoms with Crippen LogP contribution < -0.4 is 10.1 Å². The zero-order valence-corrected chi connectivity index (χ0v) is 14.5. The maximum absolute atomic E-state index is 12.2. The summed E-state index contributed by atoms with van der Waals surface area (Å²) in [5, 5.41) is 7.84. The van der Waals surface area contributed by atoms with Gasteiger partial charge in [0.05, 0.1) is 22.5 Å². The molecule has 6 nitrogen and oxygen atoms in total. The van der Waals surface area contributed by atoms with Crippen LogP contribution in [0.3, 0.4) is 0 Å². The normalized spacial score (nSPS) is 11.1. The van der Waals surface area contributed by atoms with E-state index in [9.17, 15) is 13.6 Å². The van der Waals surface area contributed by atoms with E-state index in [0.29, 0.717) is 23.1 Å². The van der Waals surface area contributed by atoms with Gasteiger partial charge in [-0.25, -0.2) is 8.78 Å². The van der Waals surface area contributed by atoms with Gasteiger partial charge < -0.3 is 10.1 Å². The minimum Gasteiger partial charge on any atom is -0.486 e. The van der Waals surface area contributed by atoms with Crippen molar-refractivity contribution in [1.29, 1.82) is 0 Å². The second-order valence-electron chi connectivity index (χ2n) is 5.47. The Bertz CT molecular complexity index is 946. The topological polar surface area (TPSA) is 69.0 Å². The fourth-order valence-electron chi connectivity index (χ4n) is 2.47. The first-order valence-corrected chi connectivity index (χ1v) is 8.09. The second-order valence-corrected chi connectivity index (χ2v) is 5.87. The number of rotatable bonds is 6. The summed E-state index contributed by atoms with van der Waals surface area (Å²) in [4.78, 5) is 16.0. The maximum atomic E-state index is 12.2. The molecule has 2 heterocycles. The quantitative estimate of drug-likeness (QED) is 0.713. The van der Waals surface area contributed by atoms with Crippen LogP contribution in [0.2, 0.25) is 5.02 Å². The number of hydrogen-bond donors (Lipinski definition) is 1. The van der Waals surface area contributed by atoms with Crippen LogP contribution in [0.25, 0.3) is 10.9 Å². The molecule has 9 heteroatoms. The highest BCUT2D eigenvalue weighted by Gasteiger charge is 2.13. The molecule has 1 N–H and O–H groups in total. The number of nitrogens with zero attached hydrogens (tertiary/aromatic N) is 3. The molecule has 136 valence electrons. The van der Waals surface area contributed by atoms with Crippen molar-refractivity contribution in [3.63, 3.8) is 0 Å². The lowest BCUT2D eigenvalue weighted by Gasteiger charge is -2.09. The smallest absolute Gasteiger partial charge is 0.272 e. The Morgan fingerprint density at radius 1 is 1.38 bits per heavy atom. The van der Waals surface area contributed by atoms with Crippen LogP contribution in [0, 0.1) is 0 Å². The van der Waals surface area contributed by atoms with Crippen LogP contribution in [-0.2, 0) is 6.54 Å². The summed E-state index contributed by atoms with van der Waals surface area (Å²) in [5.41, 5.74) is 1.74. The molecule has 0 aliphatic heterocycles. The van der Waals surface area contributed by atoms with E-state index < -0.39 is 13.0 Å². The lowest BCUT2D eigenvalue weighted by Crippen LogP contribution is -2.19. The number of carbonyl (C=O) groups excluding carboxylic acids is 1. The number of alkyl halides is 2. The van der Waals surface area contributed by atoms with E-state index in [2.05, 4.69) is 15.4 Å². The summed E-state index contributed by atoms with van der Waals surface area (Å²) in [6.07, 6.45) is 0.684. The Labute approximate surface area is 152 Å². The fraction of sp³-hybridized carbons (Fsp3) is 0.235. The summed E-state index contributed by atoms with van der Waals surface area (Å²) in [5.74, 6) is -0.0915. The molecule has 0 fully saturated rings. The minimum absolute atomic E-state index is 0.201. The van der Waals surface area contributed by atoms with Crippen molar-refractivity contribution in [3.05, 3.63) is 52.9 Å². The Morgan fingerprint density at radius 3 is 2.88 bits per heavy atom.